The molecule has 0 saturated carbocycles. The maximum atomic E-state index is 12.4. The van der Waals surface area contributed by atoms with Gasteiger partial charge in [-0.25, -0.2) is 8.42 Å². The second kappa shape index (κ2) is 8.63. The van der Waals surface area contributed by atoms with Crippen LogP contribution in [-0.2, 0) is 16.4 Å². The molecular weight excluding hydrogens is 362 g/mol. The van der Waals surface area contributed by atoms with Gasteiger partial charge < -0.3 is 14.5 Å². The minimum Gasteiger partial charge on any atom is -0.497 e. The van der Waals surface area contributed by atoms with Crippen molar-refractivity contribution in [3.8, 4) is 5.75 Å². The van der Waals surface area contributed by atoms with E-state index in [0.717, 1.165) is 43.2 Å². The molecule has 0 aliphatic carbocycles. The van der Waals surface area contributed by atoms with Gasteiger partial charge >= 0.3 is 0 Å². The molecule has 0 radical (unpaired) electrons. The molecule has 1 aliphatic rings. The van der Waals surface area contributed by atoms with Crippen molar-refractivity contribution in [3.05, 3.63) is 54.1 Å². The maximum absolute atomic E-state index is 12.4. The van der Waals surface area contributed by atoms with Crippen molar-refractivity contribution in [2.45, 2.75) is 6.42 Å². The molecular formula is C20H27N3O3S. The van der Waals surface area contributed by atoms with Crippen molar-refractivity contribution in [1.29, 1.82) is 0 Å². The second-order valence-corrected chi connectivity index (χ2v) is 8.70. The number of benzene rings is 2. The summed E-state index contributed by atoms with van der Waals surface area (Å²) in [5.41, 5.74) is 2.66. The van der Waals surface area contributed by atoms with E-state index in [2.05, 4.69) is 21.6 Å². The summed E-state index contributed by atoms with van der Waals surface area (Å²) in [6, 6.07) is 15.1. The minimum atomic E-state index is -3.41. The summed E-state index contributed by atoms with van der Waals surface area (Å²) in [6.45, 7) is 4.06. The van der Waals surface area contributed by atoms with Gasteiger partial charge in [-0.2, -0.15) is 0 Å². The average Bonchev–Trinajstić information content (AvgIpc) is 2.68. The zero-order chi connectivity index (χ0) is 19.3. The summed E-state index contributed by atoms with van der Waals surface area (Å²) < 4.78 is 32.6. The van der Waals surface area contributed by atoms with Crippen molar-refractivity contribution in [2.75, 3.05) is 55.7 Å². The van der Waals surface area contributed by atoms with E-state index in [4.69, 9.17) is 4.74 Å². The van der Waals surface area contributed by atoms with Gasteiger partial charge in [-0.3, -0.25) is 4.72 Å². The van der Waals surface area contributed by atoms with Crippen LogP contribution in [0.1, 0.15) is 5.56 Å². The van der Waals surface area contributed by atoms with Crippen LogP contribution >= 0.6 is 0 Å². The van der Waals surface area contributed by atoms with Crippen molar-refractivity contribution in [3.63, 3.8) is 0 Å². The highest BCUT2D eigenvalue weighted by molar-refractivity contribution is 7.92. The van der Waals surface area contributed by atoms with Crippen LogP contribution in [-0.4, -0.2) is 59.4 Å². The lowest BCUT2D eigenvalue weighted by atomic mass is 10.2. The standard InChI is InChI=1S/C20H27N3O3S/c1-22-11-13-23(14-12-22)19-8-6-18(7-9-19)21-27(24,25)15-10-17-4-3-5-20(16-17)26-2/h3-9,16,21H,10-15H2,1-2H3. The fraction of sp³-hybridized carbons (Fsp3) is 0.400. The molecule has 1 saturated heterocycles. The van der Waals surface area contributed by atoms with E-state index >= 15 is 0 Å². The van der Waals surface area contributed by atoms with E-state index in [1.807, 2.05) is 48.5 Å². The van der Waals surface area contributed by atoms with Crippen LogP contribution in [0.3, 0.4) is 0 Å². The number of methoxy groups -OCH3 is 1. The lowest BCUT2D eigenvalue weighted by molar-refractivity contribution is 0.313. The van der Waals surface area contributed by atoms with E-state index in [1.165, 1.54) is 0 Å². The summed E-state index contributed by atoms with van der Waals surface area (Å²) in [5, 5.41) is 0. The van der Waals surface area contributed by atoms with Gasteiger partial charge in [0.05, 0.1) is 12.9 Å². The number of sulfonamides is 1. The van der Waals surface area contributed by atoms with Gasteiger partial charge in [0.15, 0.2) is 0 Å². The zero-order valence-corrected chi connectivity index (χ0v) is 16.7. The first-order chi connectivity index (χ1) is 12.9. The molecule has 1 heterocycles. The molecule has 0 aromatic heterocycles. The molecule has 0 atom stereocenters. The Balaban J connectivity index is 1.57. The maximum Gasteiger partial charge on any atom is 0.233 e. The minimum absolute atomic E-state index is 0.0282. The van der Waals surface area contributed by atoms with Crippen molar-refractivity contribution < 1.29 is 13.2 Å². The van der Waals surface area contributed by atoms with Gasteiger partial charge in [0.2, 0.25) is 10.0 Å². The third kappa shape index (κ3) is 5.61. The number of hydrogen-bond donors (Lipinski definition) is 1. The fourth-order valence-electron chi connectivity index (χ4n) is 3.12. The highest BCUT2D eigenvalue weighted by Crippen LogP contribution is 2.20. The number of ether oxygens (including phenoxy) is 1. The number of aryl methyl sites for hydroxylation is 1. The molecule has 146 valence electrons. The van der Waals surface area contributed by atoms with Gasteiger partial charge in [0.25, 0.3) is 0 Å². The SMILES string of the molecule is COc1cccc(CCS(=O)(=O)Nc2ccc(N3CCN(C)CC3)cc2)c1. The molecule has 7 heteroatoms. The molecule has 0 unspecified atom stereocenters. The smallest absolute Gasteiger partial charge is 0.233 e. The molecule has 1 aliphatic heterocycles. The molecule has 6 nitrogen and oxygen atoms in total. The summed E-state index contributed by atoms with van der Waals surface area (Å²) in [4.78, 5) is 4.63. The summed E-state index contributed by atoms with van der Waals surface area (Å²) in [6.07, 6.45) is 0.436. The molecule has 3 rings (SSSR count). The first kappa shape index (κ1) is 19.5. The Hall–Kier alpha value is -2.25. The van der Waals surface area contributed by atoms with E-state index in [9.17, 15) is 8.42 Å². The van der Waals surface area contributed by atoms with Crippen molar-refractivity contribution in [2.24, 2.45) is 0 Å². The van der Waals surface area contributed by atoms with Gasteiger partial charge in [0.1, 0.15) is 5.75 Å². The predicted molar refractivity (Wildman–Crippen MR) is 110 cm³/mol. The first-order valence-corrected chi connectivity index (χ1v) is 10.8. The zero-order valence-electron chi connectivity index (χ0n) is 15.9. The average molecular weight is 390 g/mol. The van der Waals surface area contributed by atoms with Crippen LogP contribution in [0.2, 0.25) is 0 Å². The number of anilines is 2. The fourth-order valence-corrected chi connectivity index (χ4v) is 4.22. The molecule has 2 aromatic rings. The third-order valence-electron chi connectivity index (χ3n) is 4.80. The van der Waals surface area contributed by atoms with Crippen LogP contribution in [0.4, 0.5) is 11.4 Å². The predicted octanol–water partition coefficient (Wildman–Crippen LogP) is 2.43. The van der Waals surface area contributed by atoms with Crippen molar-refractivity contribution >= 4 is 21.4 Å². The van der Waals surface area contributed by atoms with E-state index in [1.54, 1.807) is 7.11 Å². The molecule has 27 heavy (non-hydrogen) atoms. The summed E-state index contributed by atoms with van der Waals surface area (Å²) in [5.74, 6) is 0.762. The Morgan fingerprint density at radius 3 is 2.41 bits per heavy atom. The summed E-state index contributed by atoms with van der Waals surface area (Å²) in [7, 11) is 0.318. The number of nitrogens with one attached hydrogen (secondary N) is 1. The molecule has 0 amide bonds. The molecule has 0 bridgehead atoms. The molecule has 1 fully saturated rings. The molecule has 0 spiro atoms. The number of piperazine rings is 1. The van der Waals surface area contributed by atoms with Gasteiger partial charge in [-0.15, -0.1) is 0 Å². The van der Waals surface area contributed by atoms with Crippen molar-refractivity contribution in [1.82, 2.24) is 4.90 Å². The van der Waals surface area contributed by atoms with Crippen LogP contribution in [0.5, 0.6) is 5.75 Å². The van der Waals surface area contributed by atoms with E-state index in [-0.39, 0.29) is 5.75 Å². The van der Waals surface area contributed by atoms with Crippen LogP contribution in [0.25, 0.3) is 0 Å². The van der Waals surface area contributed by atoms with Crippen LogP contribution in [0.15, 0.2) is 48.5 Å². The Bertz CT molecular complexity index is 845. The normalized spacial score (nSPS) is 15.6. The number of likely N-dealkylation sites (N-methyl/N-ethyl adjacent to an activating group) is 1. The van der Waals surface area contributed by atoms with Crippen LogP contribution < -0.4 is 14.4 Å². The van der Waals surface area contributed by atoms with E-state index in [0.29, 0.717) is 12.1 Å². The van der Waals surface area contributed by atoms with E-state index < -0.39 is 10.0 Å². The largest absolute Gasteiger partial charge is 0.497 e. The number of hydrogen-bond acceptors (Lipinski definition) is 5. The number of nitrogens with zero attached hydrogens (tertiary/aromatic N) is 2. The Morgan fingerprint density at radius 1 is 1.04 bits per heavy atom. The Morgan fingerprint density at radius 2 is 1.74 bits per heavy atom. The Labute approximate surface area is 161 Å². The second-order valence-electron chi connectivity index (χ2n) is 6.86. The number of rotatable bonds is 7. The van der Waals surface area contributed by atoms with Gasteiger partial charge in [-0.05, 0) is 55.4 Å². The molecule has 2 aromatic carbocycles. The highest BCUT2D eigenvalue weighted by atomic mass is 32.2. The monoisotopic (exact) mass is 389 g/mol. The molecule has 1 N–H and O–H groups in total. The first-order valence-electron chi connectivity index (χ1n) is 9.12. The van der Waals surface area contributed by atoms with Gasteiger partial charge in [-0.1, -0.05) is 12.1 Å². The lowest BCUT2D eigenvalue weighted by Crippen LogP contribution is -2.44. The van der Waals surface area contributed by atoms with Crippen LogP contribution in [0, 0.1) is 0 Å². The summed E-state index contributed by atoms with van der Waals surface area (Å²) >= 11 is 0. The van der Waals surface area contributed by atoms with Gasteiger partial charge in [0, 0.05) is 37.6 Å². The lowest BCUT2D eigenvalue weighted by Gasteiger charge is -2.34. The highest BCUT2D eigenvalue weighted by Gasteiger charge is 2.15. The topological polar surface area (TPSA) is 61.9 Å². The quantitative estimate of drug-likeness (QED) is 0.788. The third-order valence-corrected chi connectivity index (χ3v) is 6.09. The Kier molecular flexibility index (Phi) is 6.23.